The predicted octanol–water partition coefficient (Wildman–Crippen LogP) is 0.466. The van der Waals surface area contributed by atoms with Gasteiger partial charge in [0, 0.05) is 22.6 Å². The van der Waals surface area contributed by atoms with Crippen LogP contribution in [0.15, 0.2) is 0 Å². The molecule has 2 nitrogen and oxygen atoms in total. The standard InChI is InChI=1S/C4H2IO2/c5-2-1-3-7-4-6/h3H2. The van der Waals surface area contributed by atoms with Gasteiger partial charge in [0.1, 0.15) is 0 Å². The molecule has 0 aliphatic heterocycles. The fraction of sp³-hybridized carbons (Fsp3) is 0.250. The zero-order chi connectivity index (χ0) is 5.54. The molecule has 3 heteroatoms. The number of carbonyl (C=O) groups excluding carboxylic acids is 1. The third kappa shape index (κ3) is 5.76. The summed E-state index contributed by atoms with van der Waals surface area (Å²) < 4.78 is 6.61. The predicted molar refractivity (Wildman–Crippen MR) is 33.4 cm³/mol. The minimum absolute atomic E-state index is 0.145. The minimum Gasteiger partial charge on any atom is -0.444 e. The van der Waals surface area contributed by atoms with E-state index in [0.717, 1.165) is 0 Å². The first-order chi connectivity index (χ1) is 3.41. The molecule has 0 fully saturated rings. The van der Waals surface area contributed by atoms with Crippen molar-refractivity contribution in [2.75, 3.05) is 6.61 Å². The van der Waals surface area contributed by atoms with Gasteiger partial charge in [0.05, 0.1) is 0 Å². The molecule has 0 aromatic carbocycles. The van der Waals surface area contributed by atoms with Gasteiger partial charge < -0.3 is 4.74 Å². The molecular formula is C4H2IO2. The van der Waals surface area contributed by atoms with E-state index in [1.165, 1.54) is 6.47 Å². The van der Waals surface area contributed by atoms with Gasteiger partial charge >= 0.3 is 6.47 Å². The van der Waals surface area contributed by atoms with Gasteiger partial charge in [-0.05, 0) is 3.93 Å². The lowest BCUT2D eigenvalue weighted by Gasteiger charge is -1.78. The first kappa shape index (κ1) is 6.76. The first-order valence-corrected chi connectivity index (χ1v) is 2.57. The van der Waals surface area contributed by atoms with E-state index >= 15 is 0 Å². The Kier molecular flexibility index (Phi) is 5.56. The van der Waals surface area contributed by atoms with Crippen molar-refractivity contribution in [2.45, 2.75) is 0 Å². The van der Waals surface area contributed by atoms with E-state index in [4.69, 9.17) is 0 Å². The van der Waals surface area contributed by atoms with E-state index in [1.807, 2.05) is 22.6 Å². The van der Waals surface area contributed by atoms with Gasteiger partial charge in [0.15, 0.2) is 6.61 Å². The largest absolute Gasteiger partial charge is 0.444 e. The summed E-state index contributed by atoms with van der Waals surface area (Å²) in [7, 11) is 0. The van der Waals surface area contributed by atoms with Crippen molar-refractivity contribution in [3.63, 3.8) is 0 Å². The van der Waals surface area contributed by atoms with Crippen LogP contribution in [0.5, 0.6) is 0 Å². The van der Waals surface area contributed by atoms with Crippen molar-refractivity contribution in [1.82, 2.24) is 0 Å². The van der Waals surface area contributed by atoms with Crippen molar-refractivity contribution in [2.24, 2.45) is 0 Å². The van der Waals surface area contributed by atoms with Crippen LogP contribution in [-0.2, 0) is 9.53 Å². The number of ether oxygens (including phenoxy) is 1. The molecule has 0 aliphatic carbocycles. The SMILES string of the molecule is O=[C]OCC#CI. The third-order valence-electron chi connectivity index (χ3n) is 0.270. The van der Waals surface area contributed by atoms with Gasteiger partial charge in [0.25, 0.3) is 0 Å². The van der Waals surface area contributed by atoms with Crippen LogP contribution < -0.4 is 0 Å². The first-order valence-electron chi connectivity index (χ1n) is 1.49. The summed E-state index contributed by atoms with van der Waals surface area (Å²) in [5.74, 6) is 2.50. The van der Waals surface area contributed by atoms with Gasteiger partial charge in [0.2, 0.25) is 0 Å². The second-order valence-corrected chi connectivity index (χ2v) is 1.18. The normalized spacial score (nSPS) is 5.86. The van der Waals surface area contributed by atoms with Gasteiger partial charge in [-0.1, -0.05) is 5.92 Å². The number of hydrogen-bond donors (Lipinski definition) is 0. The van der Waals surface area contributed by atoms with Gasteiger partial charge in [-0.3, -0.25) is 0 Å². The molecule has 0 unspecified atom stereocenters. The second kappa shape index (κ2) is 5.76. The van der Waals surface area contributed by atoms with E-state index in [0.29, 0.717) is 0 Å². The monoisotopic (exact) mass is 209 g/mol. The molecule has 0 amide bonds. The summed E-state index contributed by atoms with van der Waals surface area (Å²) >= 11 is 1.86. The van der Waals surface area contributed by atoms with Crippen molar-refractivity contribution >= 4 is 29.1 Å². The Balaban J connectivity index is 2.92. The summed E-state index contributed by atoms with van der Waals surface area (Å²) in [4.78, 5) is 9.26. The lowest BCUT2D eigenvalue weighted by Crippen LogP contribution is -1.84. The molecule has 1 radical (unpaired) electrons. The summed E-state index contributed by atoms with van der Waals surface area (Å²) in [6, 6.07) is 0. The molecule has 0 saturated heterocycles. The highest BCUT2D eigenvalue weighted by Gasteiger charge is 1.70. The molecule has 0 spiro atoms. The Labute approximate surface area is 55.4 Å². The van der Waals surface area contributed by atoms with Crippen LogP contribution in [0.2, 0.25) is 0 Å². The fourth-order valence-electron chi connectivity index (χ4n) is 0.0928. The second-order valence-electron chi connectivity index (χ2n) is 0.643. The Bertz CT molecular complexity index is 100.0. The van der Waals surface area contributed by atoms with E-state index in [1.54, 1.807) is 0 Å². The molecule has 0 heterocycles. The van der Waals surface area contributed by atoms with Gasteiger partial charge in [-0.2, -0.15) is 0 Å². The Hall–Kier alpha value is -0.240. The molecule has 0 atom stereocenters. The average molecular weight is 209 g/mol. The van der Waals surface area contributed by atoms with Crippen LogP contribution in [0, 0.1) is 9.85 Å². The number of hydrogen-bond acceptors (Lipinski definition) is 2. The van der Waals surface area contributed by atoms with E-state index in [9.17, 15) is 4.79 Å². The number of halogens is 1. The van der Waals surface area contributed by atoms with Crippen molar-refractivity contribution in [1.29, 1.82) is 0 Å². The van der Waals surface area contributed by atoms with E-state index in [-0.39, 0.29) is 6.61 Å². The fourth-order valence-corrected chi connectivity index (χ4v) is 0.249. The van der Waals surface area contributed by atoms with E-state index in [2.05, 4.69) is 14.6 Å². The molecule has 37 valence electrons. The van der Waals surface area contributed by atoms with Crippen LogP contribution in [0.1, 0.15) is 0 Å². The highest BCUT2D eigenvalue weighted by Crippen LogP contribution is 1.70. The van der Waals surface area contributed by atoms with Gasteiger partial charge in [-0.15, -0.1) is 0 Å². The van der Waals surface area contributed by atoms with E-state index < -0.39 is 0 Å². The van der Waals surface area contributed by atoms with Crippen LogP contribution in [0.4, 0.5) is 0 Å². The molecule has 0 aromatic heterocycles. The Morgan fingerprint density at radius 2 is 2.43 bits per heavy atom. The summed E-state index contributed by atoms with van der Waals surface area (Å²) in [6.07, 6.45) is 0. The van der Waals surface area contributed by atoms with Crippen molar-refractivity contribution in [3.05, 3.63) is 0 Å². The molecule has 0 N–H and O–H groups in total. The van der Waals surface area contributed by atoms with Crippen LogP contribution in [0.25, 0.3) is 0 Å². The minimum atomic E-state index is 0.145. The third-order valence-corrected chi connectivity index (χ3v) is 0.651. The topological polar surface area (TPSA) is 26.3 Å². The molecular weight excluding hydrogens is 207 g/mol. The van der Waals surface area contributed by atoms with Crippen molar-refractivity contribution < 1.29 is 9.53 Å². The summed E-state index contributed by atoms with van der Waals surface area (Å²) in [6.45, 7) is 1.39. The summed E-state index contributed by atoms with van der Waals surface area (Å²) in [5, 5.41) is 0. The van der Waals surface area contributed by atoms with Gasteiger partial charge in [-0.25, -0.2) is 4.79 Å². The summed E-state index contributed by atoms with van der Waals surface area (Å²) in [5.41, 5.74) is 0. The average Bonchev–Trinajstić information content (AvgIpc) is 1.69. The quantitative estimate of drug-likeness (QED) is 0.375. The maximum Gasteiger partial charge on any atom is 0.418 e. The maximum absolute atomic E-state index is 9.26. The molecule has 0 rings (SSSR count). The maximum atomic E-state index is 9.26. The van der Waals surface area contributed by atoms with Crippen LogP contribution in [-0.4, -0.2) is 13.1 Å². The zero-order valence-electron chi connectivity index (χ0n) is 3.40. The lowest BCUT2D eigenvalue weighted by molar-refractivity contribution is 0.319. The zero-order valence-corrected chi connectivity index (χ0v) is 5.56. The smallest absolute Gasteiger partial charge is 0.418 e. The molecule has 0 aromatic rings. The molecule has 7 heavy (non-hydrogen) atoms. The highest BCUT2D eigenvalue weighted by atomic mass is 127. The lowest BCUT2D eigenvalue weighted by atomic mass is 10.8. The van der Waals surface area contributed by atoms with Crippen molar-refractivity contribution in [3.8, 4) is 9.85 Å². The molecule has 0 bridgehead atoms. The van der Waals surface area contributed by atoms with Crippen LogP contribution >= 0.6 is 22.6 Å². The highest BCUT2D eigenvalue weighted by molar-refractivity contribution is 14.1. The Morgan fingerprint density at radius 1 is 1.71 bits per heavy atom. The Morgan fingerprint density at radius 3 is 2.86 bits per heavy atom. The van der Waals surface area contributed by atoms with Crippen LogP contribution in [0.3, 0.4) is 0 Å². The molecule has 0 saturated carbocycles. The number of rotatable bonds is 2. The molecule has 0 aliphatic rings.